The van der Waals surface area contributed by atoms with Crippen molar-refractivity contribution in [2.45, 2.75) is 0 Å². The van der Waals surface area contributed by atoms with E-state index >= 15 is 0 Å². The number of aliphatic carboxylic acids is 1. The third-order valence-electron chi connectivity index (χ3n) is 2.91. The van der Waals surface area contributed by atoms with Crippen molar-refractivity contribution in [2.75, 3.05) is 0 Å². The van der Waals surface area contributed by atoms with Gasteiger partial charge in [0.25, 0.3) is 0 Å². The zero-order valence-corrected chi connectivity index (χ0v) is 10.5. The van der Waals surface area contributed by atoms with Gasteiger partial charge in [0.05, 0.1) is 11.2 Å². The standard InChI is InChI=1S/C15H11N3O2/c19-14(20)9-13(11-5-2-1-3-6-11)18-10-17-15-12(18)7-4-8-16-15/h1-10H,(H,19,20)/b13-9-. The van der Waals surface area contributed by atoms with E-state index in [0.29, 0.717) is 11.3 Å². The van der Waals surface area contributed by atoms with E-state index in [2.05, 4.69) is 9.97 Å². The van der Waals surface area contributed by atoms with Crippen molar-refractivity contribution in [3.8, 4) is 0 Å². The molecule has 2 heterocycles. The summed E-state index contributed by atoms with van der Waals surface area (Å²) in [5, 5.41) is 9.09. The van der Waals surface area contributed by atoms with Gasteiger partial charge in [-0.15, -0.1) is 0 Å². The Morgan fingerprint density at radius 3 is 2.65 bits per heavy atom. The molecule has 20 heavy (non-hydrogen) atoms. The zero-order valence-electron chi connectivity index (χ0n) is 10.5. The van der Waals surface area contributed by atoms with Crippen molar-refractivity contribution < 1.29 is 9.90 Å². The van der Waals surface area contributed by atoms with E-state index in [1.165, 1.54) is 6.08 Å². The third-order valence-corrected chi connectivity index (χ3v) is 2.91. The molecule has 5 nitrogen and oxygen atoms in total. The van der Waals surface area contributed by atoms with Crippen LogP contribution in [0.5, 0.6) is 0 Å². The minimum absolute atomic E-state index is 0.550. The zero-order chi connectivity index (χ0) is 13.9. The van der Waals surface area contributed by atoms with Crippen LogP contribution >= 0.6 is 0 Å². The van der Waals surface area contributed by atoms with Gasteiger partial charge in [-0.25, -0.2) is 14.8 Å². The van der Waals surface area contributed by atoms with Crippen LogP contribution in [0.3, 0.4) is 0 Å². The molecule has 3 aromatic rings. The van der Waals surface area contributed by atoms with E-state index in [9.17, 15) is 4.79 Å². The van der Waals surface area contributed by atoms with Crippen LogP contribution in [0.1, 0.15) is 5.56 Å². The summed E-state index contributed by atoms with van der Waals surface area (Å²) in [5.41, 5.74) is 2.70. The Kier molecular flexibility index (Phi) is 3.01. The fourth-order valence-corrected chi connectivity index (χ4v) is 2.06. The van der Waals surface area contributed by atoms with E-state index in [1.807, 2.05) is 36.4 Å². The van der Waals surface area contributed by atoms with Gasteiger partial charge in [0, 0.05) is 12.3 Å². The number of hydrogen-bond donors (Lipinski definition) is 1. The van der Waals surface area contributed by atoms with Crippen molar-refractivity contribution in [1.82, 2.24) is 14.5 Å². The molecule has 98 valence electrons. The largest absolute Gasteiger partial charge is 0.478 e. The summed E-state index contributed by atoms with van der Waals surface area (Å²) in [6.45, 7) is 0. The number of carboxylic acid groups (broad SMARTS) is 1. The molecule has 0 bridgehead atoms. The second kappa shape index (κ2) is 4.97. The SMILES string of the molecule is O=C(O)/C=C(/c1ccccc1)n1cnc2ncccc21. The van der Waals surface area contributed by atoms with Gasteiger partial charge in [0.15, 0.2) is 5.65 Å². The van der Waals surface area contributed by atoms with Crippen LogP contribution in [0.15, 0.2) is 61.1 Å². The van der Waals surface area contributed by atoms with Crippen LogP contribution in [0.4, 0.5) is 0 Å². The maximum atomic E-state index is 11.1. The Morgan fingerprint density at radius 1 is 1.10 bits per heavy atom. The predicted molar refractivity (Wildman–Crippen MR) is 75.0 cm³/mol. The maximum absolute atomic E-state index is 11.1. The summed E-state index contributed by atoms with van der Waals surface area (Å²) in [7, 11) is 0. The van der Waals surface area contributed by atoms with E-state index in [1.54, 1.807) is 23.2 Å². The molecule has 0 fully saturated rings. The lowest BCUT2D eigenvalue weighted by atomic mass is 10.1. The monoisotopic (exact) mass is 265 g/mol. The van der Waals surface area contributed by atoms with Crippen LogP contribution in [-0.2, 0) is 4.79 Å². The van der Waals surface area contributed by atoms with Gasteiger partial charge in [-0.2, -0.15) is 0 Å². The molecule has 0 radical (unpaired) electrons. The maximum Gasteiger partial charge on any atom is 0.330 e. The lowest BCUT2D eigenvalue weighted by molar-refractivity contribution is -0.131. The highest BCUT2D eigenvalue weighted by Crippen LogP contribution is 2.21. The highest BCUT2D eigenvalue weighted by molar-refractivity contribution is 5.92. The minimum Gasteiger partial charge on any atom is -0.478 e. The van der Waals surface area contributed by atoms with Crippen LogP contribution in [-0.4, -0.2) is 25.6 Å². The van der Waals surface area contributed by atoms with Crippen LogP contribution in [0.25, 0.3) is 16.9 Å². The summed E-state index contributed by atoms with van der Waals surface area (Å²) in [4.78, 5) is 19.4. The summed E-state index contributed by atoms with van der Waals surface area (Å²) < 4.78 is 1.73. The van der Waals surface area contributed by atoms with Crippen LogP contribution in [0.2, 0.25) is 0 Å². The number of rotatable bonds is 3. The fraction of sp³-hybridized carbons (Fsp3) is 0. The van der Waals surface area contributed by atoms with Gasteiger partial charge in [-0.05, 0) is 17.7 Å². The summed E-state index contributed by atoms with van der Waals surface area (Å²) in [6.07, 6.45) is 4.41. The van der Waals surface area contributed by atoms with Crippen molar-refractivity contribution in [3.63, 3.8) is 0 Å². The number of pyridine rings is 1. The first kappa shape index (κ1) is 12.1. The fourth-order valence-electron chi connectivity index (χ4n) is 2.06. The number of carboxylic acids is 1. The number of fused-ring (bicyclic) bond motifs is 1. The van der Waals surface area contributed by atoms with E-state index in [-0.39, 0.29) is 0 Å². The molecule has 2 aromatic heterocycles. The molecule has 0 amide bonds. The molecule has 0 aliphatic heterocycles. The Hall–Kier alpha value is -2.95. The van der Waals surface area contributed by atoms with Gasteiger partial charge < -0.3 is 5.11 Å². The van der Waals surface area contributed by atoms with Crippen LogP contribution < -0.4 is 0 Å². The molecular formula is C15H11N3O2. The summed E-state index contributed by atoms with van der Waals surface area (Å²) in [5.74, 6) is -1.01. The van der Waals surface area contributed by atoms with Gasteiger partial charge in [-0.3, -0.25) is 4.57 Å². The smallest absolute Gasteiger partial charge is 0.330 e. The topological polar surface area (TPSA) is 68.0 Å². The summed E-state index contributed by atoms with van der Waals surface area (Å²) in [6, 6.07) is 13.0. The normalized spacial score (nSPS) is 11.7. The minimum atomic E-state index is -1.01. The number of hydrogen-bond acceptors (Lipinski definition) is 3. The van der Waals surface area contributed by atoms with Crippen molar-refractivity contribution in [1.29, 1.82) is 0 Å². The predicted octanol–water partition coefficient (Wildman–Crippen LogP) is 2.41. The highest BCUT2D eigenvalue weighted by atomic mass is 16.4. The van der Waals surface area contributed by atoms with Gasteiger partial charge in [0.2, 0.25) is 0 Å². The molecule has 0 saturated carbocycles. The van der Waals surface area contributed by atoms with Gasteiger partial charge in [0.1, 0.15) is 6.33 Å². The lowest BCUT2D eigenvalue weighted by Gasteiger charge is -2.09. The van der Waals surface area contributed by atoms with Crippen molar-refractivity contribution in [2.24, 2.45) is 0 Å². The van der Waals surface area contributed by atoms with Gasteiger partial charge >= 0.3 is 5.97 Å². The number of benzene rings is 1. The molecule has 3 rings (SSSR count). The Morgan fingerprint density at radius 2 is 1.90 bits per heavy atom. The quantitative estimate of drug-likeness (QED) is 0.738. The molecular weight excluding hydrogens is 254 g/mol. The molecule has 0 unspecified atom stereocenters. The summed E-state index contributed by atoms with van der Waals surface area (Å²) >= 11 is 0. The Bertz CT molecular complexity index is 791. The Balaban J connectivity index is 2.23. The second-order valence-corrected chi connectivity index (χ2v) is 4.19. The first-order valence-corrected chi connectivity index (χ1v) is 6.04. The van der Waals surface area contributed by atoms with Crippen LogP contribution in [0, 0.1) is 0 Å². The molecule has 1 aromatic carbocycles. The van der Waals surface area contributed by atoms with Crippen molar-refractivity contribution in [3.05, 3.63) is 66.6 Å². The lowest BCUT2D eigenvalue weighted by Crippen LogP contribution is -2.01. The van der Waals surface area contributed by atoms with Gasteiger partial charge in [-0.1, -0.05) is 30.3 Å². The second-order valence-electron chi connectivity index (χ2n) is 4.19. The highest BCUT2D eigenvalue weighted by Gasteiger charge is 2.10. The molecule has 0 saturated heterocycles. The molecule has 5 heteroatoms. The molecule has 0 spiro atoms. The van der Waals surface area contributed by atoms with E-state index in [4.69, 9.17) is 5.11 Å². The number of carbonyl (C=O) groups is 1. The Labute approximate surface area is 114 Å². The van der Waals surface area contributed by atoms with Crippen molar-refractivity contribution >= 4 is 22.8 Å². The number of nitrogens with zero attached hydrogens (tertiary/aromatic N) is 3. The van der Waals surface area contributed by atoms with E-state index < -0.39 is 5.97 Å². The number of aromatic nitrogens is 3. The molecule has 1 N–H and O–H groups in total. The third kappa shape index (κ3) is 2.16. The molecule has 0 aliphatic rings. The molecule has 0 aliphatic carbocycles. The van der Waals surface area contributed by atoms with E-state index in [0.717, 1.165) is 11.1 Å². The first-order chi connectivity index (χ1) is 9.75. The molecule has 0 atom stereocenters. The average molecular weight is 265 g/mol. The first-order valence-electron chi connectivity index (χ1n) is 6.04. The average Bonchev–Trinajstić information content (AvgIpc) is 2.89. The number of imidazole rings is 1.